The molecule has 0 unspecified atom stereocenters. The van der Waals surface area contributed by atoms with E-state index in [2.05, 4.69) is 17.0 Å². The minimum Gasteiger partial charge on any atom is -0.490 e. The van der Waals surface area contributed by atoms with Crippen molar-refractivity contribution in [3.63, 3.8) is 0 Å². The number of benzene rings is 2. The lowest BCUT2D eigenvalue weighted by atomic mass is 10.1. The highest BCUT2D eigenvalue weighted by Crippen LogP contribution is 2.38. The van der Waals surface area contributed by atoms with Gasteiger partial charge in [-0.2, -0.15) is 0 Å². The Morgan fingerprint density at radius 1 is 1.03 bits per heavy atom. The van der Waals surface area contributed by atoms with Crippen molar-refractivity contribution < 1.29 is 33.4 Å². The van der Waals surface area contributed by atoms with Crippen LogP contribution >= 0.6 is 11.6 Å². The molecule has 2 aromatic rings. The molecule has 0 bridgehead atoms. The summed E-state index contributed by atoms with van der Waals surface area (Å²) < 4.78 is 16.2. The number of nitrogens with zero attached hydrogens (tertiary/aromatic N) is 1. The van der Waals surface area contributed by atoms with E-state index in [4.69, 9.17) is 21.1 Å². The average Bonchev–Trinajstić information content (AvgIpc) is 2.87. The van der Waals surface area contributed by atoms with Gasteiger partial charge in [0.1, 0.15) is 5.57 Å². The summed E-state index contributed by atoms with van der Waals surface area (Å²) in [6.07, 6.45) is 5.48. The normalized spacial score (nSPS) is 14.5. The first-order valence-corrected chi connectivity index (χ1v) is 12.4. The average molecular weight is 529 g/mol. The number of imide groups is 2. The summed E-state index contributed by atoms with van der Waals surface area (Å²) in [5.41, 5.74) is 0.561. The van der Waals surface area contributed by atoms with Gasteiger partial charge in [0.05, 0.1) is 36.6 Å². The van der Waals surface area contributed by atoms with Gasteiger partial charge in [-0.15, -0.1) is 0 Å². The maximum absolute atomic E-state index is 13.2. The van der Waals surface area contributed by atoms with E-state index in [9.17, 15) is 19.2 Å². The molecule has 9 nitrogen and oxygen atoms in total. The molecular formula is C27H29ClN2O7. The smallest absolute Gasteiger partial charge is 0.337 e. The fourth-order valence-corrected chi connectivity index (χ4v) is 3.97. The largest absolute Gasteiger partial charge is 0.490 e. The molecule has 1 heterocycles. The molecule has 1 aliphatic rings. The number of rotatable bonds is 11. The Kier molecular flexibility index (Phi) is 9.68. The number of hydrogen-bond donors (Lipinski definition) is 1. The summed E-state index contributed by atoms with van der Waals surface area (Å²) in [5.74, 6) is -1.46. The van der Waals surface area contributed by atoms with Gasteiger partial charge in [0, 0.05) is 0 Å². The maximum atomic E-state index is 13.2. The highest BCUT2D eigenvalue weighted by molar-refractivity contribution is 6.39. The number of carbonyl (C=O) groups is 4. The number of ether oxygens (including phenoxy) is 3. The van der Waals surface area contributed by atoms with Gasteiger partial charge in [-0.1, -0.05) is 37.8 Å². The summed E-state index contributed by atoms with van der Waals surface area (Å²) in [7, 11) is 1.25. The summed E-state index contributed by atoms with van der Waals surface area (Å²) in [5, 5.41) is 2.43. The minimum absolute atomic E-state index is 0.174. The van der Waals surface area contributed by atoms with Crippen molar-refractivity contribution in [2.45, 2.75) is 39.5 Å². The molecule has 0 aromatic heterocycles. The lowest BCUT2D eigenvalue weighted by molar-refractivity contribution is -0.122. The van der Waals surface area contributed by atoms with Crippen LogP contribution in [0.25, 0.3) is 6.08 Å². The molecule has 0 radical (unpaired) electrons. The predicted octanol–water partition coefficient (Wildman–Crippen LogP) is 5.15. The highest BCUT2D eigenvalue weighted by atomic mass is 35.5. The van der Waals surface area contributed by atoms with Gasteiger partial charge < -0.3 is 14.2 Å². The minimum atomic E-state index is -0.905. The van der Waals surface area contributed by atoms with Crippen LogP contribution in [-0.4, -0.2) is 44.1 Å². The van der Waals surface area contributed by atoms with Crippen LogP contribution in [-0.2, 0) is 14.3 Å². The van der Waals surface area contributed by atoms with E-state index in [0.29, 0.717) is 30.3 Å². The number of anilines is 1. The van der Waals surface area contributed by atoms with E-state index >= 15 is 0 Å². The van der Waals surface area contributed by atoms with E-state index in [1.54, 1.807) is 12.1 Å². The molecular weight excluding hydrogens is 500 g/mol. The maximum Gasteiger partial charge on any atom is 0.337 e. The first-order valence-electron chi connectivity index (χ1n) is 12.0. The van der Waals surface area contributed by atoms with Gasteiger partial charge in [-0.05, 0) is 61.4 Å². The number of barbiturate groups is 1. The number of carbonyl (C=O) groups excluding carboxylic acids is 4. The van der Waals surface area contributed by atoms with Crippen LogP contribution in [0.3, 0.4) is 0 Å². The van der Waals surface area contributed by atoms with Crippen LogP contribution in [0.2, 0.25) is 5.02 Å². The molecule has 0 saturated carbocycles. The van der Waals surface area contributed by atoms with Gasteiger partial charge >= 0.3 is 12.0 Å². The molecule has 1 N–H and O–H groups in total. The monoisotopic (exact) mass is 528 g/mol. The second-order valence-electron chi connectivity index (χ2n) is 8.17. The van der Waals surface area contributed by atoms with Crippen LogP contribution < -0.4 is 19.7 Å². The number of hydrogen-bond acceptors (Lipinski definition) is 7. The van der Waals surface area contributed by atoms with Crippen LogP contribution in [0.5, 0.6) is 11.5 Å². The molecule has 37 heavy (non-hydrogen) atoms. The van der Waals surface area contributed by atoms with Crippen molar-refractivity contribution in [2.75, 3.05) is 25.2 Å². The van der Waals surface area contributed by atoms with Crippen LogP contribution in [0.1, 0.15) is 55.5 Å². The van der Waals surface area contributed by atoms with E-state index in [-0.39, 0.29) is 21.8 Å². The summed E-state index contributed by atoms with van der Waals surface area (Å²) in [4.78, 5) is 50.8. The van der Waals surface area contributed by atoms with Crippen LogP contribution in [0.4, 0.5) is 10.5 Å². The van der Waals surface area contributed by atoms with Crippen molar-refractivity contribution in [3.05, 3.63) is 58.1 Å². The fraction of sp³-hybridized carbons (Fsp3) is 0.333. The zero-order valence-corrected chi connectivity index (χ0v) is 21.7. The first kappa shape index (κ1) is 27.7. The molecule has 196 valence electrons. The summed E-state index contributed by atoms with van der Waals surface area (Å²) in [6, 6.07) is 7.92. The van der Waals surface area contributed by atoms with Gasteiger partial charge in [0.25, 0.3) is 11.8 Å². The van der Waals surface area contributed by atoms with Gasteiger partial charge in [0.15, 0.2) is 11.5 Å². The van der Waals surface area contributed by atoms with E-state index in [1.807, 2.05) is 6.92 Å². The Labute approximate surface area is 220 Å². The zero-order chi connectivity index (χ0) is 26.9. The predicted molar refractivity (Wildman–Crippen MR) is 139 cm³/mol. The number of halogens is 1. The van der Waals surface area contributed by atoms with Crippen LogP contribution in [0, 0.1) is 0 Å². The van der Waals surface area contributed by atoms with Gasteiger partial charge in [-0.3, -0.25) is 14.9 Å². The Hall–Kier alpha value is -3.85. The molecule has 0 spiro atoms. The number of urea groups is 1. The second kappa shape index (κ2) is 12.9. The molecule has 1 saturated heterocycles. The second-order valence-corrected chi connectivity index (χ2v) is 8.58. The quantitative estimate of drug-likeness (QED) is 0.186. The van der Waals surface area contributed by atoms with Crippen molar-refractivity contribution in [3.8, 4) is 11.5 Å². The summed E-state index contributed by atoms with van der Waals surface area (Å²) >= 11 is 6.48. The molecule has 10 heteroatoms. The summed E-state index contributed by atoms with van der Waals surface area (Å²) in [6.45, 7) is 4.78. The van der Waals surface area contributed by atoms with Crippen molar-refractivity contribution >= 4 is 47.2 Å². The Bertz CT molecular complexity index is 1210. The molecule has 1 aliphatic heterocycles. The fourth-order valence-electron chi connectivity index (χ4n) is 3.70. The third-order valence-electron chi connectivity index (χ3n) is 5.54. The zero-order valence-electron chi connectivity index (χ0n) is 21.0. The molecule has 4 amide bonds. The SMILES string of the molecule is CCCCCCOc1c(Cl)cc(/C=C2/C(=O)NC(=O)N(c3ccc(C(=O)OC)cc3)C2=O)cc1OCC. The van der Waals surface area contributed by atoms with Gasteiger partial charge in [-0.25, -0.2) is 14.5 Å². The molecule has 2 aromatic carbocycles. The molecule has 3 rings (SSSR count). The van der Waals surface area contributed by atoms with E-state index < -0.39 is 23.8 Å². The standard InChI is InChI=1S/C27H29ClN2O7/c1-4-6-7-8-13-37-23-21(28)15-17(16-22(23)36-5-2)14-20-24(31)29-27(34)30(25(20)32)19-11-9-18(10-12-19)26(33)35-3/h9-12,14-16H,4-8,13H2,1-3H3,(H,29,31,34)/b20-14-. The molecule has 1 fully saturated rings. The number of methoxy groups -OCH3 is 1. The lowest BCUT2D eigenvalue weighted by Gasteiger charge is -2.26. The number of unbranched alkanes of at least 4 members (excludes halogenated alkanes) is 3. The molecule has 0 aliphatic carbocycles. The van der Waals surface area contributed by atoms with Crippen molar-refractivity contribution in [1.29, 1.82) is 0 Å². The molecule has 0 atom stereocenters. The van der Waals surface area contributed by atoms with Gasteiger partial charge in [0.2, 0.25) is 0 Å². The first-order chi connectivity index (χ1) is 17.8. The number of amides is 4. The van der Waals surface area contributed by atoms with Crippen molar-refractivity contribution in [2.24, 2.45) is 0 Å². The highest BCUT2D eigenvalue weighted by Gasteiger charge is 2.37. The third kappa shape index (κ3) is 6.68. The van der Waals surface area contributed by atoms with Crippen molar-refractivity contribution in [1.82, 2.24) is 5.32 Å². The Morgan fingerprint density at radius 3 is 2.41 bits per heavy atom. The van der Waals surface area contributed by atoms with E-state index in [1.165, 1.54) is 37.5 Å². The Balaban J connectivity index is 1.89. The third-order valence-corrected chi connectivity index (χ3v) is 5.82. The van der Waals surface area contributed by atoms with E-state index in [0.717, 1.165) is 30.6 Å². The van der Waals surface area contributed by atoms with Crippen LogP contribution in [0.15, 0.2) is 42.0 Å². The lowest BCUT2D eigenvalue weighted by Crippen LogP contribution is -2.54. The number of nitrogens with one attached hydrogen (secondary N) is 1. The Morgan fingerprint density at radius 2 is 1.76 bits per heavy atom. The number of esters is 1. The topological polar surface area (TPSA) is 111 Å².